The molecule has 1 amide bonds. The SMILES string of the molecule is CC1CCC(NC(=O)c2cc(C3CC3)on2)CC1. The zero-order valence-electron chi connectivity index (χ0n) is 10.8. The van der Waals surface area contributed by atoms with E-state index >= 15 is 0 Å². The van der Waals surface area contributed by atoms with E-state index < -0.39 is 0 Å². The van der Waals surface area contributed by atoms with Crippen molar-refractivity contribution in [3.05, 3.63) is 17.5 Å². The first-order valence-corrected chi connectivity index (χ1v) is 7.00. The molecule has 1 N–H and O–H groups in total. The van der Waals surface area contributed by atoms with Crippen LogP contribution in [-0.2, 0) is 0 Å². The van der Waals surface area contributed by atoms with Crippen LogP contribution in [0.15, 0.2) is 10.6 Å². The van der Waals surface area contributed by atoms with Crippen molar-refractivity contribution >= 4 is 5.91 Å². The summed E-state index contributed by atoms with van der Waals surface area (Å²) in [5.74, 6) is 2.10. The molecule has 4 heteroatoms. The first kappa shape index (κ1) is 11.8. The van der Waals surface area contributed by atoms with E-state index in [0.29, 0.717) is 17.7 Å². The van der Waals surface area contributed by atoms with Crippen LogP contribution < -0.4 is 5.32 Å². The van der Waals surface area contributed by atoms with Gasteiger partial charge in [0.25, 0.3) is 5.91 Å². The van der Waals surface area contributed by atoms with Crippen LogP contribution in [0.25, 0.3) is 0 Å². The highest BCUT2D eigenvalue weighted by molar-refractivity contribution is 5.92. The monoisotopic (exact) mass is 248 g/mol. The number of hydrogen-bond donors (Lipinski definition) is 1. The Morgan fingerprint density at radius 2 is 2.00 bits per heavy atom. The molecule has 0 saturated heterocycles. The molecule has 1 heterocycles. The van der Waals surface area contributed by atoms with Crippen molar-refractivity contribution in [1.82, 2.24) is 10.5 Å². The van der Waals surface area contributed by atoms with Gasteiger partial charge in [-0.1, -0.05) is 12.1 Å². The molecule has 4 nitrogen and oxygen atoms in total. The van der Waals surface area contributed by atoms with Gasteiger partial charge in [-0.25, -0.2) is 0 Å². The molecule has 1 aromatic heterocycles. The highest BCUT2D eigenvalue weighted by Crippen LogP contribution is 2.40. The summed E-state index contributed by atoms with van der Waals surface area (Å²) in [5.41, 5.74) is 0.440. The largest absolute Gasteiger partial charge is 0.360 e. The Hall–Kier alpha value is -1.32. The molecule has 18 heavy (non-hydrogen) atoms. The normalized spacial score (nSPS) is 28.1. The fourth-order valence-corrected chi connectivity index (χ4v) is 2.62. The Balaban J connectivity index is 1.56. The third-order valence-electron chi connectivity index (χ3n) is 4.09. The maximum atomic E-state index is 12.0. The molecule has 2 fully saturated rings. The van der Waals surface area contributed by atoms with Crippen molar-refractivity contribution in [1.29, 1.82) is 0 Å². The summed E-state index contributed by atoms with van der Waals surface area (Å²) in [7, 11) is 0. The highest BCUT2D eigenvalue weighted by atomic mass is 16.5. The van der Waals surface area contributed by atoms with Gasteiger partial charge in [-0.3, -0.25) is 4.79 Å². The number of aromatic nitrogens is 1. The summed E-state index contributed by atoms with van der Waals surface area (Å²) in [6.45, 7) is 2.28. The predicted molar refractivity (Wildman–Crippen MR) is 67.4 cm³/mol. The van der Waals surface area contributed by atoms with Crippen molar-refractivity contribution in [2.45, 2.75) is 57.4 Å². The van der Waals surface area contributed by atoms with E-state index in [2.05, 4.69) is 17.4 Å². The summed E-state index contributed by atoms with van der Waals surface area (Å²) in [5, 5.41) is 6.94. The van der Waals surface area contributed by atoms with E-state index in [9.17, 15) is 4.79 Å². The number of hydrogen-bond acceptors (Lipinski definition) is 3. The lowest BCUT2D eigenvalue weighted by atomic mass is 9.87. The molecule has 2 aliphatic carbocycles. The second-order valence-corrected chi connectivity index (χ2v) is 5.82. The molecule has 1 aromatic rings. The van der Waals surface area contributed by atoms with Gasteiger partial charge in [-0.15, -0.1) is 0 Å². The Morgan fingerprint density at radius 3 is 2.67 bits per heavy atom. The molecule has 0 radical (unpaired) electrons. The van der Waals surface area contributed by atoms with E-state index in [1.165, 1.54) is 12.8 Å². The second-order valence-electron chi connectivity index (χ2n) is 5.82. The summed E-state index contributed by atoms with van der Waals surface area (Å²) >= 11 is 0. The predicted octanol–water partition coefficient (Wildman–Crippen LogP) is 2.86. The molecule has 0 spiro atoms. The quantitative estimate of drug-likeness (QED) is 0.894. The Morgan fingerprint density at radius 1 is 1.28 bits per heavy atom. The summed E-state index contributed by atoms with van der Waals surface area (Å²) < 4.78 is 5.21. The topological polar surface area (TPSA) is 55.1 Å². The van der Waals surface area contributed by atoms with Crippen molar-refractivity contribution in [2.24, 2.45) is 5.92 Å². The number of carbonyl (C=O) groups is 1. The van der Waals surface area contributed by atoms with Crippen molar-refractivity contribution in [3.8, 4) is 0 Å². The molecule has 2 aliphatic rings. The Labute approximate surface area is 107 Å². The fourth-order valence-electron chi connectivity index (χ4n) is 2.62. The van der Waals surface area contributed by atoms with Crippen molar-refractivity contribution in [3.63, 3.8) is 0 Å². The van der Waals surface area contributed by atoms with Crippen LogP contribution >= 0.6 is 0 Å². The summed E-state index contributed by atoms with van der Waals surface area (Å²) in [6.07, 6.45) is 6.90. The van der Waals surface area contributed by atoms with Crippen LogP contribution in [0.5, 0.6) is 0 Å². The van der Waals surface area contributed by atoms with Gasteiger partial charge >= 0.3 is 0 Å². The van der Waals surface area contributed by atoms with Crippen molar-refractivity contribution < 1.29 is 9.32 Å². The molecule has 0 atom stereocenters. The van der Waals surface area contributed by atoms with Crippen LogP contribution in [0, 0.1) is 5.92 Å². The van der Waals surface area contributed by atoms with Gasteiger partial charge in [0.15, 0.2) is 5.69 Å². The number of nitrogens with one attached hydrogen (secondary N) is 1. The number of carbonyl (C=O) groups excluding carboxylic acids is 1. The van der Waals surface area contributed by atoms with Crippen LogP contribution in [-0.4, -0.2) is 17.1 Å². The first-order valence-electron chi connectivity index (χ1n) is 7.00. The first-order chi connectivity index (χ1) is 8.72. The van der Waals surface area contributed by atoms with Gasteiger partial charge in [0.2, 0.25) is 0 Å². The molecule has 0 aliphatic heterocycles. The lowest BCUT2D eigenvalue weighted by molar-refractivity contribution is 0.0913. The maximum Gasteiger partial charge on any atom is 0.273 e. The number of amides is 1. The molecular formula is C14H20N2O2. The van der Waals surface area contributed by atoms with E-state index in [1.807, 2.05) is 0 Å². The lowest BCUT2D eigenvalue weighted by Crippen LogP contribution is -2.37. The minimum Gasteiger partial charge on any atom is -0.360 e. The van der Waals surface area contributed by atoms with Gasteiger partial charge in [0.1, 0.15) is 5.76 Å². The van der Waals surface area contributed by atoms with Gasteiger partial charge in [-0.2, -0.15) is 0 Å². The Kier molecular flexibility index (Phi) is 3.10. The minimum absolute atomic E-state index is 0.0785. The lowest BCUT2D eigenvalue weighted by Gasteiger charge is -2.26. The van der Waals surface area contributed by atoms with Crippen molar-refractivity contribution in [2.75, 3.05) is 0 Å². The van der Waals surface area contributed by atoms with Crippen LogP contribution in [0.1, 0.15) is 67.6 Å². The molecule has 98 valence electrons. The molecule has 0 unspecified atom stereocenters. The van der Waals surface area contributed by atoms with Crippen LogP contribution in [0.4, 0.5) is 0 Å². The third kappa shape index (κ3) is 2.57. The van der Waals surface area contributed by atoms with Crippen LogP contribution in [0.2, 0.25) is 0 Å². The molecule has 3 rings (SSSR count). The fraction of sp³-hybridized carbons (Fsp3) is 0.714. The standard InChI is InChI=1S/C14H20N2O2/c1-9-2-6-11(7-3-9)15-14(17)12-8-13(18-16-12)10-4-5-10/h8-11H,2-7H2,1H3,(H,15,17). The van der Waals surface area contributed by atoms with Gasteiger partial charge in [-0.05, 0) is 44.4 Å². The molecule has 2 saturated carbocycles. The molecule has 0 aromatic carbocycles. The average Bonchev–Trinajstić information content (AvgIpc) is 3.10. The van der Waals surface area contributed by atoms with E-state index in [0.717, 1.165) is 37.4 Å². The zero-order chi connectivity index (χ0) is 12.5. The Bertz CT molecular complexity index is 429. The highest BCUT2D eigenvalue weighted by Gasteiger charge is 2.29. The van der Waals surface area contributed by atoms with Gasteiger partial charge in [0.05, 0.1) is 0 Å². The number of rotatable bonds is 3. The smallest absolute Gasteiger partial charge is 0.273 e. The zero-order valence-corrected chi connectivity index (χ0v) is 10.8. The van der Waals surface area contributed by atoms with E-state index in [4.69, 9.17) is 4.52 Å². The summed E-state index contributed by atoms with van der Waals surface area (Å²) in [6, 6.07) is 2.12. The van der Waals surface area contributed by atoms with Gasteiger partial charge < -0.3 is 9.84 Å². The molecular weight excluding hydrogens is 228 g/mol. The maximum absolute atomic E-state index is 12.0. The third-order valence-corrected chi connectivity index (χ3v) is 4.09. The number of nitrogens with zero attached hydrogens (tertiary/aromatic N) is 1. The van der Waals surface area contributed by atoms with E-state index in [-0.39, 0.29) is 5.91 Å². The summed E-state index contributed by atoms with van der Waals surface area (Å²) in [4.78, 5) is 12.0. The van der Waals surface area contributed by atoms with Crippen LogP contribution in [0.3, 0.4) is 0 Å². The van der Waals surface area contributed by atoms with E-state index in [1.54, 1.807) is 6.07 Å². The van der Waals surface area contributed by atoms with Gasteiger partial charge in [0, 0.05) is 18.0 Å². The average molecular weight is 248 g/mol. The molecule has 0 bridgehead atoms. The second kappa shape index (κ2) is 4.75. The minimum atomic E-state index is -0.0785.